The largest absolute Gasteiger partial charge is 0.490 e. The lowest BCUT2D eigenvalue weighted by Gasteiger charge is -2.20. The molecular formula is C23H26O4. The van der Waals surface area contributed by atoms with Gasteiger partial charge in [0.1, 0.15) is 19.0 Å². The Labute approximate surface area is 160 Å². The molecule has 0 fully saturated rings. The monoisotopic (exact) mass is 366 g/mol. The summed E-state index contributed by atoms with van der Waals surface area (Å²) in [6.07, 6.45) is 4.06. The molecule has 0 bridgehead atoms. The van der Waals surface area contributed by atoms with Crippen LogP contribution in [0.2, 0.25) is 0 Å². The van der Waals surface area contributed by atoms with Crippen molar-refractivity contribution >= 4 is 17.8 Å². The van der Waals surface area contributed by atoms with Crippen LogP contribution in [0.1, 0.15) is 43.1 Å². The normalized spacial score (nSPS) is 11.4. The number of esters is 1. The topological polar surface area (TPSA) is 52.6 Å². The molecule has 27 heavy (non-hydrogen) atoms. The van der Waals surface area contributed by atoms with Gasteiger partial charge in [0.05, 0.1) is 5.41 Å². The minimum absolute atomic E-state index is 0.0345. The fraction of sp³-hybridized carbons (Fsp3) is 0.304. The molecule has 0 aliphatic heterocycles. The standard InChI is InChI=1S/C23H26O4/c1-4-23(2,3)22(25)27-17-16-26-20-13-10-18(11-14-20)12-15-21(24)19-8-6-5-7-9-19/h5-15H,4,16-17H2,1-3H3/b15-12+. The predicted octanol–water partition coefficient (Wildman–Crippen LogP) is 4.94. The lowest BCUT2D eigenvalue weighted by atomic mass is 9.91. The number of hydrogen-bond acceptors (Lipinski definition) is 4. The summed E-state index contributed by atoms with van der Waals surface area (Å²) in [6.45, 7) is 6.21. The van der Waals surface area contributed by atoms with Crippen molar-refractivity contribution in [1.82, 2.24) is 0 Å². The highest BCUT2D eigenvalue weighted by Crippen LogP contribution is 2.21. The summed E-state index contributed by atoms with van der Waals surface area (Å²) >= 11 is 0. The van der Waals surface area contributed by atoms with Gasteiger partial charge in [-0.25, -0.2) is 0 Å². The lowest BCUT2D eigenvalue weighted by Crippen LogP contribution is -2.27. The molecule has 0 unspecified atom stereocenters. The maximum atomic E-state index is 12.1. The van der Waals surface area contributed by atoms with Crippen molar-refractivity contribution in [3.05, 3.63) is 71.8 Å². The first-order chi connectivity index (χ1) is 12.9. The molecule has 0 atom stereocenters. The smallest absolute Gasteiger partial charge is 0.311 e. The Morgan fingerprint density at radius 3 is 2.26 bits per heavy atom. The molecule has 0 aliphatic rings. The van der Waals surface area contributed by atoms with Crippen LogP contribution in [0.5, 0.6) is 5.75 Å². The number of rotatable bonds is 9. The summed E-state index contributed by atoms with van der Waals surface area (Å²) in [4.78, 5) is 23.9. The molecule has 0 saturated heterocycles. The highest BCUT2D eigenvalue weighted by molar-refractivity contribution is 6.06. The van der Waals surface area contributed by atoms with E-state index in [4.69, 9.17) is 9.47 Å². The number of allylic oxidation sites excluding steroid dienone is 1. The second-order valence-corrected chi connectivity index (χ2v) is 6.85. The SMILES string of the molecule is CCC(C)(C)C(=O)OCCOc1ccc(/C=C/C(=O)c2ccccc2)cc1. The van der Waals surface area contributed by atoms with Crippen LogP contribution in [0.3, 0.4) is 0 Å². The molecule has 4 nitrogen and oxygen atoms in total. The number of carbonyl (C=O) groups is 2. The molecule has 0 N–H and O–H groups in total. The van der Waals surface area contributed by atoms with E-state index in [0.29, 0.717) is 17.9 Å². The molecule has 0 radical (unpaired) electrons. The Morgan fingerprint density at radius 1 is 0.963 bits per heavy atom. The first-order valence-corrected chi connectivity index (χ1v) is 9.10. The van der Waals surface area contributed by atoms with Gasteiger partial charge >= 0.3 is 5.97 Å². The predicted molar refractivity (Wildman–Crippen MR) is 107 cm³/mol. The van der Waals surface area contributed by atoms with Gasteiger partial charge in [0.25, 0.3) is 0 Å². The average molecular weight is 366 g/mol. The van der Waals surface area contributed by atoms with Crippen LogP contribution in [-0.4, -0.2) is 25.0 Å². The van der Waals surface area contributed by atoms with Gasteiger partial charge in [-0.2, -0.15) is 0 Å². The summed E-state index contributed by atoms with van der Waals surface area (Å²) in [7, 11) is 0. The molecule has 0 spiro atoms. The van der Waals surface area contributed by atoms with E-state index < -0.39 is 5.41 Å². The van der Waals surface area contributed by atoms with Gasteiger partial charge < -0.3 is 9.47 Å². The molecule has 0 saturated carbocycles. The third-order valence-corrected chi connectivity index (χ3v) is 4.39. The van der Waals surface area contributed by atoms with Crippen LogP contribution in [0, 0.1) is 5.41 Å². The van der Waals surface area contributed by atoms with E-state index >= 15 is 0 Å². The zero-order chi connectivity index (χ0) is 19.7. The summed E-state index contributed by atoms with van der Waals surface area (Å²) in [5, 5.41) is 0. The van der Waals surface area contributed by atoms with Crippen LogP contribution < -0.4 is 4.74 Å². The van der Waals surface area contributed by atoms with Crippen molar-refractivity contribution in [1.29, 1.82) is 0 Å². The van der Waals surface area contributed by atoms with Crippen molar-refractivity contribution in [2.45, 2.75) is 27.2 Å². The van der Waals surface area contributed by atoms with Crippen LogP contribution in [0.4, 0.5) is 0 Å². The summed E-state index contributed by atoms with van der Waals surface area (Å²) in [6, 6.07) is 16.5. The van der Waals surface area contributed by atoms with Gasteiger partial charge in [-0.05, 0) is 44.0 Å². The fourth-order valence-electron chi connectivity index (χ4n) is 2.18. The Balaban J connectivity index is 1.79. The highest BCUT2D eigenvalue weighted by atomic mass is 16.6. The molecular weight excluding hydrogens is 340 g/mol. The van der Waals surface area contributed by atoms with E-state index in [0.717, 1.165) is 12.0 Å². The van der Waals surface area contributed by atoms with Gasteiger partial charge in [0.2, 0.25) is 0 Å². The second kappa shape index (κ2) is 9.72. The van der Waals surface area contributed by atoms with E-state index in [-0.39, 0.29) is 18.4 Å². The van der Waals surface area contributed by atoms with Gasteiger partial charge in [-0.3, -0.25) is 9.59 Å². The van der Waals surface area contributed by atoms with E-state index in [2.05, 4.69) is 0 Å². The molecule has 4 heteroatoms. The van der Waals surface area contributed by atoms with Gasteiger partial charge in [0.15, 0.2) is 5.78 Å². The second-order valence-electron chi connectivity index (χ2n) is 6.85. The number of carbonyl (C=O) groups excluding carboxylic acids is 2. The highest BCUT2D eigenvalue weighted by Gasteiger charge is 2.26. The van der Waals surface area contributed by atoms with E-state index in [1.165, 1.54) is 0 Å². The Hall–Kier alpha value is -2.88. The van der Waals surface area contributed by atoms with Gasteiger partial charge in [-0.1, -0.05) is 55.5 Å². The van der Waals surface area contributed by atoms with Gasteiger partial charge in [-0.15, -0.1) is 0 Å². The molecule has 0 aromatic heterocycles. The third kappa shape index (κ3) is 6.41. The van der Waals surface area contributed by atoms with Crippen LogP contribution in [0.25, 0.3) is 6.08 Å². The van der Waals surface area contributed by atoms with Gasteiger partial charge in [0, 0.05) is 5.56 Å². The number of benzene rings is 2. The van der Waals surface area contributed by atoms with Crippen LogP contribution >= 0.6 is 0 Å². The van der Waals surface area contributed by atoms with Crippen molar-refractivity contribution in [2.24, 2.45) is 5.41 Å². The molecule has 2 aromatic carbocycles. The Morgan fingerprint density at radius 2 is 1.63 bits per heavy atom. The Bertz CT molecular complexity index is 774. The Kier molecular flexibility index (Phi) is 7.35. The maximum Gasteiger partial charge on any atom is 0.311 e. The first-order valence-electron chi connectivity index (χ1n) is 9.10. The minimum Gasteiger partial charge on any atom is -0.490 e. The number of hydrogen-bond donors (Lipinski definition) is 0. The van der Waals surface area contributed by atoms with Crippen molar-refractivity contribution in [3.8, 4) is 5.75 Å². The molecule has 0 amide bonds. The van der Waals surface area contributed by atoms with Crippen molar-refractivity contribution in [2.75, 3.05) is 13.2 Å². The fourth-order valence-corrected chi connectivity index (χ4v) is 2.18. The lowest BCUT2D eigenvalue weighted by molar-refractivity contribution is -0.154. The maximum absolute atomic E-state index is 12.1. The first kappa shape index (κ1) is 20.4. The average Bonchev–Trinajstić information content (AvgIpc) is 2.70. The van der Waals surface area contributed by atoms with Crippen molar-refractivity contribution < 1.29 is 19.1 Å². The summed E-state index contributed by atoms with van der Waals surface area (Å²) < 4.78 is 10.8. The zero-order valence-corrected chi connectivity index (χ0v) is 16.1. The summed E-state index contributed by atoms with van der Waals surface area (Å²) in [5.41, 5.74) is 1.10. The van der Waals surface area contributed by atoms with E-state index in [1.54, 1.807) is 24.3 Å². The molecule has 2 aromatic rings. The minimum atomic E-state index is -0.467. The zero-order valence-electron chi connectivity index (χ0n) is 16.1. The molecule has 0 heterocycles. The quantitative estimate of drug-likeness (QED) is 0.273. The van der Waals surface area contributed by atoms with Crippen LogP contribution in [0.15, 0.2) is 60.7 Å². The third-order valence-electron chi connectivity index (χ3n) is 4.39. The van der Waals surface area contributed by atoms with Crippen molar-refractivity contribution in [3.63, 3.8) is 0 Å². The molecule has 2 rings (SSSR count). The number of ketones is 1. The van der Waals surface area contributed by atoms with E-state index in [9.17, 15) is 9.59 Å². The molecule has 0 aliphatic carbocycles. The van der Waals surface area contributed by atoms with E-state index in [1.807, 2.05) is 63.2 Å². The summed E-state index contributed by atoms with van der Waals surface area (Å²) in [5.74, 6) is 0.442. The molecule has 142 valence electrons. The van der Waals surface area contributed by atoms with Crippen LogP contribution in [-0.2, 0) is 9.53 Å². The number of ether oxygens (including phenoxy) is 2.